The number of halogens is 4. The summed E-state index contributed by atoms with van der Waals surface area (Å²) in [4.78, 5) is 38.0. The summed E-state index contributed by atoms with van der Waals surface area (Å²) >= 11 is 0. The van der Waals surface area contributed by atoms with E-state index in [9.17, 15) is 41.1 Å². The average Bonchev–Trinajstić information content (AvgIpc) is 3.64. The fourth-order valence-electron chi connectivity index (χ4n) is 7.31. The number of nitrogens with one attached hydrogen (secondary N) is 2. The first-order valence-corrected chi connectivity index (χ1v) is 16.9. The van der Waals surface area contributed by atoms with Crippen molar-refractivity contribution in [3.63, 3.8) is 0 Å². The lowest BCUT2D eigenvalue weighted by Gasteiger charge is -2.36. The number of rotatable bonds is 11. The molecule has 4 atom stereocenters. The van der Waals surface area contributed by atoms with Crippen LogP contribution in [0.5, 0.6) is 11.5 Å². The van der Waals surface area contributed by atoms with Gasteiger partial charge in [0.05, 0.1) is 41.6 Å². The molecule has 11 nitrogen and oxygen atoms in total. The van der Waals surface area contributed by atoms with Crippen molar-refractivity contribution in [3.8, 4) is 11.5 Å². The second kappa shape index (κ2) is 13.5. The maximum Gasteiger partial charge on any atom is 0.501 e. The average molecular weight is 701 g/mol. The molecule has 0 aromatic heterocycles. The number of carbonyl (C=O) groups excluding carboxylic acids is 2. The Kier molecular flexibility index (Phi) is 9.98. The van der Waals surface area contributed by atoms with Crippen LogP contribution >= 0.6 is 0 Å². The van der Waals surface area contributed by atoms with E-state index in [1.54, 1.807) is 0 Å². The van der Waals surface area contributed by atoms with E-state index in [1.807, 2.05) is 0 Å². The number of hydrogen-bond acceptors (Lipinski definition) is 8. The number of benzene rings is 2. The fourth-order valence-corrected chi connectivity index (χ4v) is 8.12. The Labute approximate surface area is 274 Å². The van der Waals surface area contributed by atoms with Crippen LogP contribution in [0.3, 0.4) is 0 Å². The molecule has 3 aliphatic carbocycles. The van der Waals surface area contributed by atoms with Crippen LogP contribution in [0.2, 0.25) is 0 Å². The van der Waals surface area contributed by atoms with Crippen LogP contribution in [0.15, 0.2) is 41.3 Å². The molecule has 0 heterocycles. The van der Waals surface area contributed by atoms with Crippen molar-refractivity contribution in [1.82, 2.24) is 5.32 Å². The number of carboxylic acid groups (broad SMARTS) is 1. The van der Waals surface area contributed by atoms with Gasteiger partial charge in [-0.2, -0.15) is 13.2 Å². The summed E-state index contributed by atoms with van der Waals surface area (Å²) in [5.41, 5.74) is -6.79. The van der Waals surface area contributed by atoms with E-state index in [2.05, 4.69) is 10.6 Å². The van der Waals surface area contributed by atoms with Gasteiger partial charge in [0.25, 0.3) is 15.7 Å². The fraction of sp³-hybridized carbons (Fsp3) is 0.531. The zero-order chi connectivity index (χ0) is 35.0. The van der Waals surface area contributed by atoms with E-state index in [0.717, 1.165) is 30.7 Å². The molecule has 3 fully saturated rings. The molecule has 0 aliphatic heterocycles. The number of fused-ring (bicyclic) bond motifs is 2. The number of alkyl halides is 3. The monoisotopic (exact) mass is 700 g/mol. The number of anilines is 1. The first-order valence-electron chi connectivity index (χ1n) is 15.4. The number of carboxylic acids is 1. The summed E-state index contributed by atoms with van der Waals surface area (Å²) in [6.07, 6.45) is 2.63. The molecule has 4 unspecified atom stereocenters. The highest BCUT2D eigenvalue weighted by Crippen LogP contribution is 2.49. The van der Waals surface area contributed by atoms with Crippen molar-refractivity contribution in [2.24, 2.45) is 23.2 Å². The Morgan fingerprint density at radius 1 is 1.00 bits per heavy atom. The zero-order valence-electron chi connectivity index (χ0n) is 26.1. The SMILES string of the molecule is COCC1(C(=O)O)CCC(Oc2cc(C(=O)NC3C4CCC(C4)C3C(=O)Nc3cccc(S(=O)(=O)C(F)(F)F)c3)c(OC)cc2F)CC1. The van der Waals surface area contributed by atoms with Crippen LogP contribution in [-0.2, 0) is 24.2 Å². The van der Waals surface area contributed by atoms with Gasteiger partial charge in [0, 0.05) is 24.9 Å². The molecule has 3 N–H and O–H groups in total. The lowest BCUT2D eigenvalue weighted by Crippen LogP contribution is -2.48. The zero-order valence-corrected chi connectivity index (χ0v) is 27.0. The lowest BCUT2D eigenvalue weighted by atomic mass is 9.73. The highest BCUT2D eigenvalue weighted by molar-refractivity contribution is 7.92. The molecule has 3 saturated carbocycles. The highest BCUT2D eigenvalue weighted by atomic mass is 32.2. The molecule has 5 rings (SSSR count). The van der Waals surface area contributed by atoms with Gasteiger partial charge in [-0.3, -0.25) is 14.4 Å². The quantitative estimate of drug-likeness (QED) is 0.276. The van der Waals surface area contributed by atoms with Crippen LogP contribution in [0.25, 0.3) is 0 Å². The maximum absolute atomic E-state index is 15.1. The van der Waals surface area contributed by atoms with Gasteiger partial charge in [-0.25, -0.2) is 12.8 Å². The molecular formula is C32H36F4N2O9S. The Hall–Kier alpha value is -3.92. The Morgan fingerprint density at radius 2 is 1.69 bits per heavy atom. The third-order valence-corrected chi connectivity index (χ3v) is 11.3. The largest absolute Gasteiger partial charge is 0.501 e. The molecule has 2 bridgehead atoms. The van der Waals surface area contributed by atoms with E-state index in [0.29, 0.717) is 25.7 Å². The molecule has 16 heteroatoms. The van der Waals surface area contributed by atoms with Gasteiger partial charge >= 0.3 is 11.5 Å². The summed E-state index contributed by atoms with van der Waals surface area (Å²) in [5.74, 6) is -4.34. The number of sulfone groups is 1. The van der Waals surface area contributed by atoms with Crippen LogP contribution < -0.4 is 20.1 Å². The Balaban J connectivity index is 1.31. The standard InChI is InChI=1S/C32H36F4N2O9S/c1-45-16-31(30(41)42)10-8-20(9-11-31)47-25-14-22(24(46-2)15-23(25)33)28(39)38-27-18-7-6-17(12-18)26(27)29(40)37-19-4-3-5-21(13-19)48(43,44)32(34,35)36/h3-5,13-15,17-18,20,26-27H,6-12,16H2,1-2H3,(H,37,40)(H,38,39)(H,41,42). The summed E-state index contributed by atoms with van der Waals surface area (Å²) in [6, 6.07) is 5.40. The van der Waals surface area contributed by atoms with Crippen molar-refractivity contribution in [3.05, 3.63) is 47.8 Å². The molecule has 3 aliphatic rings. The molecule has 0 saturated heterocycles. The molecule has 2 aromatic rings. The Morgan fingerprint density at radius 3 is 2.31 bits per heavy atom. The van der Waals surface area contributed by atoms with Crippen molar-refractivity contribution in [1.29, 1.82) is 0 Å². The van der Waals surface area contributed by atoms with Crippen LogP contribution in [0.4, 0.5) is 23.2 Å². The smallest absolute Gasteiger partial charge is 0.496 e. The van der Waals surface area contributed by atoms with Crippen molar-refractivity contribution >= 4 is 33.3 Å². The number of amides is 2. The molecular weight excluding hydrogens is 664 g/mol. The first kappa shape index (κ1) is 35.4. The first-order chi connectivity index (χ1) is 22.6. The van der Waals surface area contributed by atoms with Gasteiger partial charge in [-0.1, -0.05) is 6.07 Å². The normalized spacial score (nSPS) is 26.9. The summed E-state index contributed by atoms with van der Waals surface area (Å²) < 4.78 is 94.5. The van der Waals surface area contributed by atoms with Crippen molar-refractivity contribution < 1.29 is 59.7 Å². The minimum Gasteiger partial charge on any atom is -0.496 e. The lowest BCUT2D eigenvalue weighted by molar-refractivity contribution is -0.156. The van der Waals surface area contributed by atoms with Gasteiger partial charge in [-0.05, 0) is 81.0 Å². The minimum absolute atomic E-state index is 0.0324. The van der Waals surface area contributed by atoms with Crippen molar-refractivity contribution in [2.45, 2.75) is 67.5 Å². The molecule has 2 aromatic carbocycles. The predicted octanol–water partition coefficient (Wildman–Crippen LogP) is 4.95. The van der Waals surface area contributed by atoms with E-state index in [-0.39, 0.29) is 54.0 Å². The Bertz CT molecular complexity index is 1680. The third kappa shape index (κ3) is 6.81. The number of carbonyl (C=O) groups is 3. The number of methoxy groups -OCH3 is 2. The van der Waals surface area contributed by atoms with Gasteiger partial charge in [0.1, 0.15) is 5.75 Å². The maximum atomic E-state index is 15.1. The minimum atomic E-state index is -5.64. The van der Waals surface area contributed by atoms with E-state index in [4.69, 9.17) is 14.2 Å². The van der Waals surface area contributed by atoms with E-state index >= 15 is 4.39 Å². The second-order valence-corrected chi connectivity index (χ2v) is 14.6. The molecule has 0 spiro atoms. The molecule has 0 radical (unpaired) electrons. The van der Waals surface area contributed by atoms with Gasteiger partial charge in [0.15, 0.2) is 11.6 Å². The topological polar surface area (TPSA) is 157 Å². The molecule has 48 heavy (non-hydrogen) atoms. The van der Waals surface area contributed by atoms with Crippen LogP contribution in [0, 0.1) is 29.0 Å². The van der Waals surface area contributed by atoms with Crippen molar-refractivity contribution in [2.75, 3.05) is 26.1 Å². The molecule has 2 amide bonds. The van der Waals surface area contributed by atoms with Crippen LogP contribution in [-0.4, -0.2) is 69.8 Å². The van der Waals surface area contributed by atoms with Gasteiger partial charge in [0.2, 0.25) is 5.91 Å². The van der Waals surface area contributed by atoms with Gasteiger partial charge < -0.3 is 30.0 Å². The predicted molar refractivity (Wildman–Crippen MR) is 162 cm³/mol. The number of hydrogen-bond donors (Lipinski definition) is 3. The molecule has 262 valence electrons. The highest BCUT2D eigenvalue weighted by Gasteiger charge is 2.52. The second-order valence-electron chi connectivity index (χ2n) is 12.6. The van der Waals surface area contributed by atoms with Crippen LogP contribution in [0.1, 0.15) is 55.3 Å². The van der Waals surface area contributed by atoms with Gasteiger partial charge in [-0.15, -0.1) is 0 Å². The number of ether oxygens (including phenoxy) is 3. The summed E-state index contributed by atoms with van der Waals surface area (Å²) in [5, 5.41) is 15.1. The third-order valence-electron chi connectivity index (χ3n) is 9.79. The summed E-state index contributed by atoms with van der Waals surface area (Å²) in [6.45, 7) is 0.0324. The van der Waals surface area contributed by atoms with E-state index in [1.165, 1.54) is 26.4 Å². The van der Waals surface area contributed by atoms with E-state index < -0.39 is 67.3 Å². The summed E-state index contributed by atoms with van der Waals surface area (Å²) in [7, 11) is -2.96. The number of aliphatic carboxylic acids is 1.